The molecule has 0 aliphatic rings. The van der Waals surface area contributed by atoms with E-state index < -0.39 is 14.5 Å². The van der Waals surface area contributed by atoms with Crippen molar-refractivity contribution in [2.75, 3.05) is 0 Å². The molecule has 0 bridgehead atoms. The largest absolute Gasteiger partial charge is 0.398 e. The van der Waals surface area contributed by atoms with Crippen molar-refractivity contribution in [3.05, 3.63) is 0 Å². The highest BCUT2D eigenvalue weighted by molar-refractivity contribution is 9.25. The van der Waals surface area contributed by atoms with E-state index in [-0.39, 0.29) is 0 Å². The molecule has 0 aromatic heterocycles. The van der Waals surface area contributed by atoms with Crippen LogP contribution >= 0.6 is 55.1 Å². The first-order chi connectivity index (χ1) is 5.25. The highest BCUT2D eigenvalue weighted by Crippen LogP contribution is 2.40. The predicted molar refractivity (Wildman–Crippen MR) is 44.4 cm³/mol. The summed E-state index contributed by atoms with van der Waals surface area (Å²) in [4.78, 5) is 0. The van der Waals surface area contributed by atoms with Gasteiger partial charge in [-0.25, -0.2) is 0 Å². The summed E-state index contributed by atoms with van der Waals surface area (Å²) in [6.45, 7) is 0. The summed E-state index contributed by atoms with van der Waals surface area (Å²) in [6, 6.07) is 0. The van der Waals surface area contributed by atoms with E-state index in [2.05, 4.69) is 23.2 Å². The molecule has 0 heterocycles. The molecule has 0 spiro atoms. The van der Waals surface area contributed by atoms with E-state index >= 15 is 0 Å². The molecule has 10 heteroatoms. The fraction of sp³-hybridized carbons (Fsp3) is 1.00. The summed E-state index contributed by atoms with van der Waals surface area (Å²) in [6.07, 6.45) is 0. The lowest BCUT2D eigenvalue weighted by Crippen LogP contribution is -2.28. The molecule has 82 valence electrons. The lowest BCUT2D eigenvalue weighted by molar-refractivity contribution is -0.0960. The standard InChI is InChI=1S/C2Cl2F4.CBr2F2/c3-1(5,6)2(4,7)8;2-1(3,4)5. The molecule has 0 nitrogen and oxygen atoms in total. The normalized spacial score (nSPS) is 13.4. The fourth-order valence-electron chi connectivity index (χ4n) is 0. The van der Waals surface area contributed by atoms with Gasteiger partial charge in [0, 0.05) is 31.9 Å². The molecule has 0 atom stereocenters. The Morgan fingerprint density at radius 3 is 0.769 bits per heavy atom. The quantitative estimate of drug-likeness (QED) is 0.445. The van der Waals surface area contributed by atoms with Crippen molar-refractivity contribution in [3.8, 4) is 0 Å². The predicted octanol–water partition coefficient (Wildman–Crippen LogP) is 4.98. The molecular weight excluding hydrogens is 381 g/mol. The minimum Gasteiger partial charge on any atom is -0.181 e. The average Bonchev–Trinajstić information content (AvgIpc) is 1.50. The first-order valence-electron chi connectivity index (χ1n) is 2.14. The van der Waals surface area contributed by atoms with Gasteiger partial charge in [-0.1, -0.05) is 0 Å². The minimum atomic E-state index is -4.66. The van der Waals surface area contributed by atoms with Gasteiger partial charge in [0.2, 0.25) is 0 Å². The number of hydrogen-bond donors (Lipinski definition) is 0. The first-order valence-corrected chi connectivity index (χ1v) is 4.48. The van der Waals surface area contributed by atoms with Crippen LogP contribution < -0.4 is 0 Å². The molecule has 0 N–H and O–H groups in total. The van der Waals surface area contributed by atoms with Gasteiger partial charge >= 0.3 is 14.5 Å². The van der Waals surface area contributed by atoms with Crippen LogP contribution in [0, 0.1) is 0 Å². The van der Waals surface area contributed by atoms with E-state index in [9.17, 15) is 26.3 Å². The second-order valence-corrected chi connectivity index (χ2v) is 5.43. The smallest absolute Gasteiger partial charge is 0.181 e. The summed E-state index contributed by atoms with van der Waals surface area (Å²) >= 11 is 11.5. The Kier molecular flexibility index (Phi) is 6.71. The van der Waals surface area contributed by atoms with Crippen LogP contribution in [0.4, 0.5) is 26.3 Å². The molecule has 0 aliphatic carbocycles. The Balaban J connectivity index is 0. The highest BCUT2D eigenvalue weighted by atomic mass is 79.9. The van der Waals surface area contributed by atoms with E-state index in [1.165, 1.54) is 0 Å². The van der Waals surface area contributed by atoms with Gasteiger partial charge < -0.3 is 0 Å². The Bertz CT molecular complexity index is 127. The van der Waals surface area contributed by atoms with E-state index in [1.807, 2.05) is 31.9 Å². The number of rotatable bonds is 1. The van der Waals surface area contributed by atoms with Gasteiger partial charge in [-0.3, -0.25) is 0 Å². The topological polar surface area (TPSA) is 0 Å². The van der Waals surface area contributed by atoms with Crippen molar-refractivity contribution in [1.29, 1.82) is 0 Å². The van der Waals surface area contributed by atoms with E-state index in [0.717, 1.165) is 0 Å². The zero-order valence-corrected chi connectivity index (χ0v) is 9.96. The van der Waals surface area contributed by atoms with Crippen LogP contribution in [0.25, 0.3) is 0 Å². The molecule has 0 aromatic rings. The number of alkyl halides is 10. The van der Waals surface area contributed by atoms with Gasteiger partial charge in [0.1, 0.15) is 0 Å². The third-order valence-electron chi connectivity index (χ3n) is 0.321. The zero-order valence-electron chi connectivity index (χ0n) is 5.28. The van der Waals surface area contributed by atoms with Gasteiger partial charge in [-0.15, -0.1) is 0 Å². The minimum absolute atomic E-state index is 1.96. The van der Waals surface area contributed by atoms with Gasteiger partial charge in [-0.2, -0.15) is 26.3 Å². The third kappa shape index (κ3) is 15.8. The van der Waals surface area contributed by atoms with E-state index in [1.54, 1.807) is 0 Å². The SMILES string of the molecule is FC(F)(Br)Br.FC(F)(Cl)C(F)(F)Cl. The maximum absolute atomic E-state index is 11.1. The molecule has 0 radical (unpaired) electrons. The van der Waals surface area contributed by atoms with Crippen LogP contribution in [-0.4, -0.2) is 14.5 Å². The third-order valence-corrected chi connectivity index (χ3v) is 0.893. The average molecular weight is 381 g/mol. The van der Waals surface area contributed by atoms with Gasteiger partial charge in [0.15, 0.2) is 0 Å². The summed E-state index contributed by atoms with van der Waals surface area (Å²) in [5.74, 6) is 0. The molecule has 0 aliphatic heterocycles. The molecule has 0 saturated carbocycles. The van der Waals surface area contributed by atoms with Crippen molar-refractivity contribution in [2.24, 2.45) is 0 Å². The number of hydrogen-bond acceptors (Lipinski definition) is 0. The Labute approximate surface area is 95.8 Å². The summed E-state index contributed by atoms with van der Waals surface area (Å²) in [7, 11) is 0. The maximum atomic E-state index is 11.1. The van der Waals surface area contributed by atoms with Crippen LogP contribution in [0.1, 0.15) is 0 Å². The van der Waals surface area contributed by atoms with Crippen LogP contribution in [-0.2, 0) is 0 Å². The van der Waals surface area contributed by atoms with Crippen molar-refractivity contribution >= 4 is 55.1 Å². The highest BCUT2D eigenvalue weighted by Gasteiger charge is 2.53. The Morgan fingerprint density at radius 2 is 0.769 bits per heavy atom. The van der Waals surface area contributed by atoms with Crippen LogP contribution in [0.2, 0.25) is 0 Å². The molecule has 0 saturated heterocycles. The van der Waals surface area contributed by atoms with Crippen molar-refractivity contribution in [1.82, 2.24) is 0 Å². The second kappa shape index (κ2) is 5.27. The Morgan fingerprint density at radius 1 is 0.692 bits per heavy atom. The van der Waals surface area contributed by atoms with Crippen molar-refractivity contribution in [2.45, 2.75) is 14.5 Å². The first kappa shape index (κ1) is 16.5. The van der Waals surface area contributed by atoms with E-state index in [0.29, 0.717) is 0 Å². The molecule has 0 rings (SSSR count). The summed E-state index contributed by atoms with van der Waals surface area (Å²) in [5.41, 5.74) is 0. The summed E-state index contributed by atoms with van der Waals surface area (Å²) in [5, 5.41) is -9.32. The fourth-order valence-corrected chi connectivity index (χ4v) is 0. The molecule has 13 heavy (non-hydrogen) atoms. The monoisotopic (exact) mass is 378 g/mol. The van der Waals surface area contributed by atoms with Crippen LogP contribution in [0.5, 0.6) is 0 Å². The van der Waals surface area contributed by atoms with Gasteiger partial charge in [-0.05, 0) is 23.2 Å². The van der Waals surface area contributed by atoms with Crippen LogP contribution in [0.3, 0.4) is 0 Å². The van der Waals surface area contributed by atoms with Crippen molar-refractivity contribution < 1.29 is 26.3 Å². The lowest BCUT2D eigenvalue weighted by Gasteiger charge is -2.11. The second-order valence-electron chi connectivity index (χ2n) is 1.42. The lowest BCUT2D eigenvalue weighted by atomic mass is 10.7. The molecular formula is C3Br2Cl2F6. The van der Waals surface area contributed by atoms with Crippen molar-refractivity contribution in [3.63, 3.8) is 0 Å². The molecule has 0 fully saturated rings. The van der Waals surface area contributed by atoms with Gasteiger partial charge in [0.25, 0.3) is 0 Å². The molecule has 0 unspecified atom stereocenters. The summed E-state index contributed by atoms with van der Waals surface area (Å²) < 4.78 is 63.3. The molecule has 0 aromatic carbocycles. The molecule has 0 amide bonds. The van der Waals surface area contributed by atoms with E-state index in [4.69, 9.17) is 0 Å². The van der Waals surface area contributed by atoms with Gasteiger partial charge in [0.05, 0.1) is 0 Å². The Hall–Kier alpha value is 1.12. The van der Waals surface area contributed by atoms with Crippen LogP contribution in [0.15, 0.2) is 0 Å². The zero-order chi connectivity index (χ0) is 11.5. The maximum Gasteiger partial charge on any atom is 0.398 e. The number of halogens is 10.